The van der Waals surface area contributed by atoms with Crippen LogP contribution in [0.3, 0.4) is 0 Å². The van der Waals surface area contributed by atoms with Crippen molar-refractivity contribution in [2.45, 2.75) is 32.5 Å². The van der Waals surface area contributed by atoms with Crippen molar-refractivity contribution in [2.75, 3.05) is 39.3 Å². The molecule has 1 fully saturated rings. The van der Waals surface area contributed by atoms with Crippen LogP contribution in [0.4, 0.5) is 13.2 Å². The first-order valence-electron chi connectivity index (χ1n) is 6.65. The fourth-order valence-electron chi connectivity index (χ4n) is 2.23. The van der Waals surface area contributed by atoms with E-state index in [4.69, 9.17) is 0 Å². The van der Waals surface area contributed by atoms with Crippen molar-refractivity contribution in [3.05, 3.63) is 0 Å². The minimum absolute atomic E-state index is 0.209. The molecule has 0 bridgehead atoms. The van der Waals surface area contributed by atoms with Crippen LogP contribution >= 0.6 is 0 Å². The fourth-order valence-corrected chi connectivity index (χ4v) is 2.23. The molecule has 0 spiro atoms. The minimum Gasteiger partial charge on any atom is -0.339 e. The third-order valence-electron chi connectivity index (χ3n) is 3.23. The molecule has 19 heavy (non-hydrogen) atoms. The summed E-state index contributed by atoms with van der Waals surface area (Å²) in [5.74, 6) is -0.209. The molecular weight excluding hydrogens is 259 g/mol. The lowest BCUT2D eigenvalue weighted by Gasteiger charge is -2.34. The number of amides is 1. The largest absolute Gasteiger partial charge is 0.401 e. The molecule has 1 amide bonds. The summed E-state index contributed by atoms with van der Waals surface area (Å²) >= 11 is 0. The van der Waals surface area contributed by atoms with E-state index in [1.54, 1.807) is 11.8 Å². The highest BCUT2D eigenvalue weighted by Crippen LogP contribution is 2.19. The topological polar surface area (TPSA) is 35.6 Å². The Hall–Kier alpha value is -0.820. The van der Waals surface area contributed by atoms with Crippen molar-refractivity contribution < 1.29 is 18.0 Å². The average molecular weight is 281 g/mol. The van der Waals surface area contributed by atoms with Gasteiger partial charge in [0.2, 0.25) is 5.91 Å². The van der Waals surface area contributed by atoms with E-state index in [9.17, 15) is 18.0 Å². The van der Waals surface area contributed by atoms with E-state index < -0.39 is 18.8 Å². The van der Waals surface area contributed by atoms with Crippen LogP contribution in [0.15, 0.2) is 0 Å². The molecule has 4 nitrogen and oxygen atoms in total. The number of carbonyl (C=O) groups is 1. The maximum absolute atomic E-state index is 12.5. The first-order valence-corrected chi connectivity index (χ1v) is 6.65. The number of halogens is 3. The van der Waals surface area contributed by atoms with E-state index in [1.807, 2.05) is 6.92 Å². The molecule has 7 heteroatoms. The number of hydrogen-bond donors (Lipinski definition) is 1. The zero-order valence-electron chi connectivity index (χ0n) is 11.5. The predicted molar refractivity (Wildman–Crippen MR) is 66.8 cm³/mol. The molecule has 0 radical (unpaired) electrons. The van der Waals surface area contributed by atoms with Crippen LogP contribution in [0.1, 0.15) is 20.3 Å². The van der Waals surface area contributed by atoms with Crippen molar-refractivity contribution in [1.29, 1.82) is 0 Å². The lowest BCUT2D eigenvalue weighted by Crippen LogP contribution is -2.54. The number of rotatable bonds is 5. The number of nitrogens with one attached hydrogen (secondary N) is 1. The van der Waals surface area contributed by atoms with E-state index >= 15 is 0 Å². The van der Waals surface area contributed by atoms with Gasteiger partial charge in [0.15, 0.2) is 0 Å². The van der Waals surface area contributed by atoms with Crippen LogP contribution in [0, 0.1) is 0 Å². The van der Waals surface area contributed by atoms with Gasteiger partial charge in [-0.1, -0.05) is 6.92 Å². The average Bonchev–Trinajstić information content (AvgIpc) is 2.36. The number of nitrogens with zero attached hydrogens (tertiary/aromatic N) is 2. The molecule has 1 heterocycles. The summed E-state index contributed by atoms with van der Waals surface area (Å²) in [5.41, 5.74) is 0. The second kappa shape index (κ2) is 7.09. The first kappa shape index (κ1) is 16.2. The summed E-state index contributed by atoms with van der Waals surface area (Å²) in [4.78, 5) is 15.0. The molecule has 1 unspecified atom stereocenters. The molecule has 1 aliphatic rings. The second-order valence-electron chi connectivity index (χ2n) is 4.84. The van der Waals surface area contributed by atoms with Gasteiger partial charge in [-0.3, -0.25) is 9.69 Å². The maximum Gasteiger partial charge on any atom is 0.401 e. The number of piperazine rings is 1. The van der Waals surface area contributed by atoms with E-state index in [2.05, 4.69) is 5.32 Å². The Morgan fingerprint density at radius 3 is 2.42 bits per heavy atom. The van der Waals surface area contributed by atoms with Crippen molar-refractivity contribution in [2.24, 2.45) is 0 Å². The molecule has 1 atom stereocenters. The van der Waals surface area contributed by atoms with Gasteiger partial charge in [-0.05, 0) is 19.9 Å². The Morgan fingerprint density at radius 2 is 1.95 bits per heavy atom. The summed E-state index contributed by atoms with van der Waals surface area (Å²) in [7, 11) is 0. The smallest absolute Gasteiger partial charge is 0.339 e. The van der Waals surface area contributed by atoms with Gasteiger partial charge in [-0.25, -0.2) is 0 Å². The Kier molecular flexibility index (Phi) is 6.06. The van der Waals surface area contributed by atoms with Crippen LogP contribution < -0.4 is 5.32 Å². The first-order chi connectivity index (χ1) is 8.85. The van der Waals surface area contributed by atoms with Crippen LogP contribution in [0.2, 0.25) is 0 Å². The molecule has 1 saturated heterocycles. The molecule has 0 aromatic rings. The van der Waals surface area contributed by atoms with Gasteiger partial charge in [0.1, 0.15) is 0 Å². The van der Waals surface area contributed by atoms with Gasteiger partial charge >= 0.3 is 6.18 Å². The lowest BCUT2D eigenvalue weighted by atomic mass is 10.2. The Labute approximate surface area is 111 Å². The molecule has 1 N–H and O–H groups in total. The third-order valence-corrected chi connectivity index (χ3v) is 3.23. The number of alkyl halides is 3. The summed E-state index contributed by atoms with van der Waals surface area (Å²) in [6.45, 7) is 5.15. The minimum atomic E-state index is -4.27. The molecule has 0 saturated carbocycles. The summed E-state index contributed by atoms with van der Waals surface area (Å²) in [6, 6.07) is -0.723. The molecule has 0 aromatic heterocycles. The van der Waals surface area contributed by atoms with E-state index in [0.717, 1.165) is 0 Å². The second-order valence-corrected chi connectivity index (χ2v) is 4.84. The zero-order chi connectivity index (χ0) is 14.5. The molecule has 0 aliphatic carbocycles. The van der Waals surface area contributed by atoms with Crippen molar-refractivity contribution in [3.63, 3.8) is 0 Å². The van der Waals surface area contributed by atoms with Crippen molar-refractivity contribution in [3.8, 4) is 0 Å². The monoisotopic (exact) mass is 281 g/mol. The number of carbonyl (C=O) groups excluding carboxylic acids is 1. The lowest BCUT2D eigenvalue weighted by molar-refractivity contribution is -0.158. The summed E-state index contributed by atoms with van der Waals surface area (Å²) < 4.78 is 37.6. The quantitative estimate of drug-likeness (QED) is 0.819. The van der Waals surface area contributed by atoms with E-state index in [0.29, 0.717) is 32.6 Å². The van der Waals surface area contributed by atoms with Gasteiger partial charge in [-0.2, -0.15) is 13.2 Å². The van der Waals surface area contributed by atoms with E-state index in [-0.39, 0.29) is 12.5 Å². The molecular formula is C12H22F3N3O. The van der Waals surface area contributed by atoms with Gasteiger partial charge in [0, 0.05) is 26.2 Å². The summed E-state index contributed by atoms with van der Waals surface area (Å²) in [6.07, 6.45) is -3.68. The van der Waals surface area contributed by atoms with Gasteiger partial charge in [-0.15, -0.1) is 0 Å². The van der Waals surface area contributed by atoms with Gasteiger partial charge in [0.25, 0.3) is 0 Å². The fraction of sp³-hybridized carbons (Fsp3) is 0.917. The Morgan fingerprint density at radius 1 is 1.37 bits per heavy atom. The summed E-state index contributed by atoms with van der Waals surface area (Å²) in [5, 5.41) is 3.11. The SMILES string of the molecule is CCCN(CC(F)(F)F)C(C)C(=O)N1CCNCC1. The number of hydrogen-bond acceptors (Lipinski definition) is 3. The van der Waals surface area contributed by atoms with E-state index in [1.165, 1.54) is 4.90 Å². The molecule has 1 aliphatic heterocycles. The van der Waals surface area contributed by atoms with Crippen molar-refractivity contribution >= 4 is 5.91 Å². The van der Waals surface area contributed by atoms with Crippen LogP contribution in [-0.2, 0) is 4.79 Å². The highest BCUT2D eigenvalue weighted by Gasteiger charge is 2.35. The third kappa shape index (κ3) is 5.36. The molecule has 1 rings (SSSR count). The zero-order valence-corrected chi connectivity index (χ0v) is 11.5. The van der Waals surface area contributed by atoms with Gasteiger partial charge in [0.05, 0.1) is 12.6 Å². The maximum atomic E-state index is 12.5. The van der Waals surface area contributed by atoms with Crippen LogP contribution in [0.5, 0.6) is 0 Å². The highest BCUT2D eigenvalue weighted by atomic mass is 19.4. The van der Waals surface area contributed by atoms with Crippen LogP contribution in [0.25, 0.3) is 0 Å². The Balaban J connectivity index is 2.63. The molecule has 112 valence electrons. The van der Waals surface area contributed by atoms with Gasteiger partial charge < -0.3 is 10.2 Å². The normalized spacial score (nSPS) is 18.7. The Bertz CT molecular complexity index is 290. The highest BCUT2D eigenvalue weighted by molar-refractivity contribution is 5.81. The van der Waals surface area contributed by atoms with Crippen molar-refractivity contribution in [1.82, 2.24) is 15.1 Å². The predicted octanol–water partition coefficient (Wildman–Crippen LogP) is 1.08. The molecule has 0 aromatic carbocycles. The standard InChI is InChI=1S/C12H22F3N3O/c1-3-6-18(9-12(13,14)15)10(2)11(19)17-7-4-16-5-8-17/h10,16H,3-9H2,1-2H3. The van der Waals surface area contributed by atoms with Crippen LogP contribution in [-0.4, -0.2) is 67.2 Å².